The molecule has 0 aliphatic rings. The molecule has 0 radical (unpaired) electrons. The average molecular weight is 278 g/mol. The number of aromatic nitrogens is 3. The third-order valence-electron chi connectivity index (χ3n) is 2.64. The lowest BCUT2D eigenvalue weighted by molar-refractivity contribution is 0.960. The molecule has 0 aliphatic carbocycles. The molecule has 0 saturated heterocycles. The van der Waals surface area contributed by atoms with Crippen LogP contribution in [0.4, 0.5) is 17.6 Å². The van der Waals surface area contributed by atoms with E-state index in [1.54, 1.807) is 4.90 Å². The van der Waals surface area contributed by atoms with Gasteiger partial charge in [0.1, 0.15) is 0 Å². The van der Waals surface area contributed by atoms with E-state index in [2.05, 4.69) is 33.3 Å². The average Bonchev–Trinajstić information content (AvgIpc) is 2.38. The molecule has 2 rings (SSSR count). The highest BCUT2D eigenvalue weighted by Crippen LogP contribution is 2.20. The molecule has 1 N–H and O–H groups in total. The van der Waals surface area contributed by atoms with Crippen molar-refractivity contribution >= 4 is 29.2 Å². The van der Waals surface area contributed by atoms with Crippen LogP contribution in [-0.2, 0) is 6.42 Å². The second kappa shape index (κ2) is 5.84. The predicted octanol–water partition coefficient (Wildman–Crippen LogP) is 2.90. The lowest BCUT2D eigenvalue weighted by Crippen LogP contribution is -2.14. The van der Waals surface area contributed by atoms with Gasteiger partial charge in [-0.25, -0.2) is 0 Å². The lowest BCUT2D eigenvalue weighted by atomic mass is 10.1. The number of rotatable bonds is 4. The molecule has 0 spiro atoms. The van der Waals surface area contributed by atoms with Gasteiger partial charge in [0, 0.05) is 19.8 Å². The topological polar surface area (TPSA) is 53.9 Å². The van der Waals surface area contributed by atoms with Crippen LogP contribution in [0.1, 0.15) is 12.5 Å². The third kappa shape index (κ3) is 3.32. The van der Waals surface area contributed by atoms with Crippen LogP contribution in [0.2, 0.25) is 5.28 Å². The molecular weight excluding hydrogens is 262 g/mol. The quantitative estimate of drug-likeness (QED) is 0.931. The minimum atomic E-state index is 0.176. The second-order valence-electron chi connectivity index (χ2n) is 4.26. The van der Waals surface area contributed by atoms with E-state index >= 15 is 0 Å². The maximum absolute atomic E-state index is 5.91. The number of para-hydroxylation sites is 1. The molecule has 0 bridgehead atoms. The molecule has 6 heteroatoms. The van der Waals surface area contributed by atoms with Gasteiger partial charge < -0.3 is 10.2 Å². The maximum Gasteiger partial charge on any atom is 0.233 e. The SMILES string of the molecule is CCc1ccccc1Nc1nc(Cl)nc(N(C)C)n1. The second-order valence-corrected chi connectivity index (χ2v) is 4.60. The fourth-order valence-corrected chi connectivity index (χ4v) is 1.82. The first-order chi connectivity index (χ1) is 9.10. The molecule has 1 aromatic heterocycles. The molecular formula is C13H16ClN5. The largest absolute Gasteiger partial charge is 0.347 e. The van der Waals surface area contributed by atoms with E-state index in [1.807, 2.05) is 32.3 Å². The minimum Gasteiger partial charge on any atom is -0.347 e. The van der Waals surface area contributed by atoms with E-state index in [0.29, 0.717) is 11.9 Å². The van der Waals surface area contributed by atoms with Crippen molar-refractivity contribution in [2.24, 2.45) is 0 Å². The van der Waals surface area contributed by atoms with E-state index in [-0.39, 0.29) is 5.28 Å². The minimum absolute atomic E-state index is 0.176. The summed E-state index contributed by atoms with van der Waals surface area (Å²) in [6.07, 6.45) is 0.933. The molecule has 1 aromatic carbocycles. The number of halogens is 1. The van der Waals surface area contributed by atoms with Gasteiger partial charge in [0.05, 0.1) is 0 Å². The number of nitrogens with one attached hydrogen (secondary N) is 1. The van der Waals surface area contributed by atoms with Gasteiger partial charge in [-0.15, -0.1) is 0 Å². The van der Waals surface area contributed by atoms with Crippen molar-refractivity contribution < 1.29 is 0 Å². The van der Waals surface area contributed by atoms with E-state index < -0.39 is 0 Å². The van der Waals surface area contributed by atoms with Crippen molar-refractivity contribution in [2.45, 2.75) is 13.3 Å². The summed E-state index contributed by atoms with van der Waals surface area (Å²) in [6.45, 7) is 2.10. The first-order valence-electron chi connectivity index (χ1n) is 6.04. The highest BCUT2D eigenvalue weighted by molar-refractivity contribution is 6.28. The van der Waals surface area contributed by atoms with E-state index in [9.17, 15) is 0 Å². The Labute approximate surface area is 117 Å². The summed E-state index contributed by atoms with van der Waals surface area (Å²) in [5, 5.41) is 3.36. The van der Waals surface area contributed by atoms with Gasteiger partial charge in [0.2, 0.25) is 17.2 Å². The van der Waals surface area contributed by atoms with Crippen molar-refractivity contribution in [1.82, 2.24) is 15.0 Å². The van der Waals surface area contributed by atoms with Crippen LogP contribution in [0.15, 0.2) is 24.3 Å². The molecule has 0 atom stereocenters. The highest BCUT2D eigenvalue weighted by atomic mass is 35.5. The Balaban J connectivity index is 2.32. The van der Waals surface area contributed by atoms with E-state index in [0.717, 1.165) is 12.1 Å². The fourth-order valence-electron chi connectivity index (χ4n) is 1.67. The van der Waals surface area contributed by atoms with Crippen LogP contribution in [0.5, 0.6) is 0 Å². The van der Waals surface area contributed by atoms with Crippen LogP contribution in [0, 0.1) is 0 Å². The fraction of sp³-hybridized carbons (Fsp3) is 0.308. The summed E-state index contributed by atoms with van der Waals surface area (Å²) in [5.41, 5.74) is 2.18. The standard InChI is InChI=1S/C13H16ClN5/c1-4-9-7-5-6-8-10(9)15-12-16-11(14)17-13(18-12)19(2)3/h5-8H,4H2,1-3H3,(H,15,16,17,18). The Morgan fingerprint density at radius 3 is 2.58 bits per heavy atom. The number of hydrogen-bond acceptors (Lipinski definition) is 5. The van der Waals surface area contributed by atoms with Crippen molar-refractivity contribution in [3.63, 3.8) is 0 Å². The van der Waals surface area contributed by atoms with E-state index in [1.165, 1.54) is 5.56 Å². The predicted molar refractivity (Wildman–Crippen MR) is 78.3 cm³/mol. The lowest BCUT2D eigenvalue weighted by Gasteiger charge is -2.13. The Kier molecular flexibility index (Phi) is 4.16. The van der Waals surface area contributed by atoms with Crippen molar-refractivity contribution in [1.29, 1.82) is 0 Å². The van der Waals surface area contributed by atoms with Crippen LogP contribution in [-0.4, -0.2) is 29.0 Å². The third-order valence-corrected chi connectivity index (χ3v) is 2.81. The molecule has 0 fully saturated rings. The number of anilines is 3. The molecule has 1 heterocycles. The number of nitrogens with zero attached hydrogens (tertiary/aromatic N) is 4. The zero-order valence-electron chi connectivity index (χ0n) is 11.2. The van der Waals surface area contributed by atoms with Crippen LogP contribution < -0.4 is 10.2 Å². The van der Waals surface area contributed by atoms with Gasteiger partial charge in [-0.2, -0.15) is 15.0 Å². The summed E-state index contributed by atoms with van der Waals surface area (Å²) in [6, 6.07) is 8.04. The number of benzene rings is 1. The summed E-state index contributed by atoms with van der Waals surface area (Å²) in [5.74, 6) is 0.973. The first-order valence-corrected chi connectivity index (χ1v) is 6.41. The monoisotopic (exact) mass is 277 g/mol. The maximum atomic E-state index is 5.91. The normalized spacial score (nSPS) is 10.3. The smallest absolute Gasteiger partial charge is 0.233 e. The zero-order valence-corrected chi connectivity index (χ0v) is 11.9. The highest BCUT2D eigenvalue weighted by Gasteiger charge is 2.08. The Morgan fingerprint density at radius 1 is 1.16 bits per heavy atom. The summed E-state index contributed by atoms with van der Waals surface area (Å²) >= 11 is 5.91. The zero-order chi connectivity index (χ0) is 13.8. The van der Waals surface area contributed by atoms with Crippen molar-refractivity contribution in [3.8, 4) is 0 Å². The van der Waals surface area contributed by atoms with Gasteiger partial charge in [0.15, 0.2) is 0 Å². The molecule has 19 heavy (non-hydrogen) atoms. The molecule has 0 unspecified atom stereocenters. The van der Waals surface area contributed by atoms with Crippen LogP contribution in [0.3, 0.4) is 0 Å². The van der Waals surface area contributed by atoms with Crippen molar-refractivity contribution in [2.75, 3.05) is 24.3 Å². The Morgan fingerprint density at radius 2 is 1.89 bits per heavy atom. The summed E-state index contributed by atoms with van der Waals surface area (Å²) in [4.78, 5) is 14.2. The Bertz CT molecular complexity index is 571. The molecule has 2 aromatic rings. The molecule has 5 nitrogen and oxygen atoms in total. The molecule has 0 amide bonds. The molecule has 0 aliphatic heterocycles. The number of hydrogen-bond donors (Lipinski definition) is 1. The van der Waals surface area contributed by atoms with Crippen LogP contribution in [0.25, 0.3) is 0 Å². The van der Waals surface area contributed by atoms with Gasteiger partial charge in [-0.1, -0.05) is 25.1 Å². The van der Waals surface area contributed by atoms with Gasteiger partial charge in [-0.05, 0) is 29.7 Å². The number of aryl methyl sites for hydroxylation is 1. The van der Waals surface area contributed by atoms with Gasteiger partial charge in [0.25, 0.3) is 0 Å². The molecule has 100 valence electrons. The van der Waals surface area contributed by atoms with E-state index in [4.69, 9.17) is 11.6 Å². The first kappa shape index (κ1) is 13.5. The Hall–Kier alpha value is -1.88. The van der Waals surface area contributed by atoms with Crippen molar-refractivity contribution in [3.05, 3.63) is 35.1 Å². The van der Waals surface area contributed by atoms with Gasteiger partial charge in [-0.3, -0.25) is 0 Å². The van der Waals surface area contributed by atoms with Crippen LogP contribution >= 0.6 is 11.6 Å². The summed E-state index contributed by atoms with van der Waals surface area (Å²) in [7, 11) is 3.71. The van der Waals surface area contributed by atoms with Gasteiger partial charge >= 0.3 is 0 Å². The molecule has 0 saturated carbocycles. The summed E-state index contributed by atoms with van der Waals surface area (Å²) < 4.78 is 0.